The summed E-state index contributed by atoms with van der Waals surface area (Å²) in [6.45, 7) is 1.35. The molecule has 0 atom stereocenters. The van der Waals surface area contributed by atoms with Gasteiger partial charge in [-0.1, -0.05) is 6.07 Å². The SMILES string of the molecule is COc1ccc(/C=C(\C)[N+](=O)[O-])cc1F. The lowest BCUT2D eigenvalue weighted by Crippen LogP contribution is -1.93. The maximum Gasteiger partial charge on any atom is 0.243 e. The number of nitrogens with zero attached hydrogens (tertiary/aromatic N) is 1. The molecule has 4 nitrogen and oxygen atoms in total. The Labute approximate surface area is 86.1 Å². The zero-order valence-electron chi connectivity index (χ0n) is 8.36. The van der Waals surface area contributed by atoms with Crippen LogP contribution in [-0.2, 0) is 0 Å². The highest BCUT2D eigenvalue weighted by molar-refractivity contribution is 5.52. The van der Waals surface area contributed by atoms with Crippen molar-refractivity contribution in [2.24, 2.45) is 0 Å². The fraction of sp³-hybridized carbons (Fsp3) is 0.200. The summed E-state index contributed by atoms with van der Waals surface area (Å²) in [5.74, 6) is -0.423. The molecular weight excluding hydrogens is 201 g/mol. The van der Waals surface area contributed by atoms with E-state index < -0.39 is 10.7 Å². The molecular formula is C10H10FNO3. The van der Waals surface area contributed by atoms with Crippen molar-refractivity contribution in [3.8, 4) is 5.75 Å². The van der Waals surface area contributed by atoms with Crippen molar-refractivity contribution in [2.75, 3.05) is 7.11 Å². The summed E-state index contributed by atoms with van der Waals surface area (Å²) in [6.07, 6.45) is 1.29. The Morgan fingerprint density at radius 1 is 1.60 bits per heavy atom. The molecule has 0 N–H and O–H groups in total. The third-order valence-electron chi connectivity index (χ3n) is 1.84. The van der Waals surface area contributed by atoms with Gasteiger partial charge in [0.05, 0.1) is 12.0 Å². The average Bonchev–Trinajstić information content (AvgIpc) is 2.18. The summed E-state index contributed by atoms with van der Waals surface area (Å²) in [6, 6.07) is 4.16. The molecule has 0 heterocycles. The van der Waals surface area contributed by atoms with E-state index in [-0.39, 0.29) is 11.4 Å². The van der Waals surface area contributed by atoms with E-state index in [1.807, 2.05) is 0 Å². The molecule has 15 heavy (non-hydrogen) atoms. The smallest absolute Gasteiger partial charge is 0.243 e. The molecule has 0 spiro atoms. The highest BCUT2D eigenvalue weighted by Crippen LogP contribution is 2.19. The monoisotopic (exact) mass is 211 g/mol. The second-order valence-electron chi connectivity index (χ2n) is 2.94. The lowest BCUT2D eigenvalue weighted by molar-refractivity contribution is -0.422. The topological polar surface area (TPSA) is 52.4 Å². The van der Waals surface area contributed by atoms with Gasteiger partial charge in [0.25, 0.3) is 0 Å². The fourth-order valence-electron chi connectivity index (χ4n) is 1.07. The second-order valence-corrected chi connectivity index (χ2v) is 2.94. The number of halogens is 1. The first-order valence-electron chi connectivity index (χ1n) is 4.21. The van der Waals surface area contributed by atoms with Crippen LogP contribution in [0.5, 0.6) is 5.75 Å². The molecule has 0 saturated heterocycles. The normalized spacial score (nSPS) is 11.3. The highest BCUT2D eigenvalue weighted by Gasteiger charge is 2.05. The minimum Gasteiger partial charge on any atom is -0.494 e. The van der Waals surface area contributed by atoms with Crippen LogP contribution in [0.4, 0.5) is 4.39 Å². The van der Waals surface area contributed by atoms with E-state index in [4.69, 9.17) is 4.74 Å². The van der Waals surface area contributed by atoms with Gasteiger partial charge < -0.3 is 4.74 Å². The Morgan fingerprint density at radius 2 is 2.27 bits per heavy atom. The van der Waals surface area contributed by atoms with Gasteiger partial charge in [-0.25, -0.2) is 4.39 Å². The summed E-state index contributed by atoms with van der Waals surface area (Å²) in [7, 11) is 1.36. The third kappa shape index (κ3) is 2.77. The molecule has 1 aromatic rings. The van der Waals surface area contributed by atoms with Crippen molar-refractivity contribution >= 4 is 6.08 Å². The fourth-order valence-corrected chi connectivity index (χ4v) is 1.07. The van der Waals surface area contributed by atoms with Crippen LogP contribution in [0.1, 0.15) is 12.5 Å². The van der Waals surface area contributed by atoms with Gasteiger partial charge in [-0.15, -0.1) is 0 Å². The largest absolute Gasteiger partial charge is 0.494 e. The number of hydrogen-bond acceptors (Lipinski definition) is 3. The Balaban J connectivity index is 3.03. The molecule has 80 valence electrons. The first-order valence-corrected chi connectivity index (χ1v) is 4.21. The van der Waals surface area contributed by atoms with Crippen LogP contribution in [-0.4, -0.2) is 12.0 Å². The van der Waals surface area contributed by atoms with E-state index in [0.717, 1.165) is 0 Å². The number of rotatable bonds is 3. The van der Waals surface area contributed by atoms with Gasteiger partial charge in [-0.3, -0.25) is 10.1 Å². The molecule has 0 fully saturated rings. The highest BCUT2D eigenvalue weighted by atomic mass is 19.1. The number of ether oxygens (including phenoxy) is 1. The van der Waals surface area contributed by atoms with Crippen LogP contribution in [0.2, 0.25) is 0 Å². The minimum atomic E-state index is -0.539. The van der Waals surface area contributed by atoms with Gasteiger partial charge in [-0.05, 0) is 17.7 Å². The van der Waals surface area contributed by atoms with E-state index in [1.165, 1.54) is 32.2 Å². The number of nitro groups is 1. The van der Waals surface area contributed by atoms with Crippen LogP contribution in [0.15, 0.2) is 23.9 Å². The van der Waals surface area contributed by atoms with Crippen molar-refractivity contribution in [3.63, 3.8) is 0 Å². The Kier molecular flexibility index (Phi) is 3.38. The summed E-state index contributed by atoms with van der Waals surface area (Å²) in [4.78, 5) is 9.80. The van der Waals surface area contributed by atoms with E-state index in [2.05, 4.69) is 0 Å². The van der Waals surface area contributed by atoms with Crippen molar-refractivity contribution in [1.82, 2.24) is 0 Å². The van der Waals surface area contributed by atoms with Gasteiger partial charge in [0.15, 0.2) is 11.6 Å². The molecule has 0 aliphatic rings. The average molecular weight is 211 g/mol. The van der Waals surface area contributed by atoms with Gasteiger partial charge >= 0.3 is 0 Å². The number of hydrogen-bond donors (Lipinski definition) is 0. The minimum absolute atomic E-state index is 0.0421. The quantitative estimate of drug-likeness (QED) is 0.570. The van der Waals surface area contributed by atoms with Gasteiger partial charge in [-0.2, -0.15) is 0 Å². The number of allylic oxidation sites excluding steroid dienone is 1. The number of methoxy groups -OCH3 is 1. The summed E-state index contributed by atoms with van der Waals surface area (Å²) >= 11 is 0. The summed E-state index contributed by atoms with van der Waals surface area (Å²) in [5, 5.41) is 10.3. The molecule has 1 rings (SSSR count). The second kappa shape index (κ2) is 4.54. The third-order valence-corrected chi connectivity index (χ3v) is 1.84. The van der Waals surface area contributed by atoms with Crippen LogP contribution in [0, 0.1) is 15.9 Å². The summed E-state index contributed by atoms with van der Waals surface area (Å²) in [5.41, 5.74) is 0.391. The van der Waals surface area contributed by atoms with Crippen molar-refractivity contribution in [2.45, 2.75) is 6.92 Å². The molecule has 0 aliphatic heterocycles. The molecule has 0 amide bonds. The molecule has 5 heteroatoms. The molecule has 0 bridgehead atoms. The lowest BCUT2D eigenvalue weighted by atomic mass is 10.2. The first-order chi connectivity index (χ1) is 7.04. The van der Waals surface area contributed by atoms with E-state index in [0.29, 0.717) is 5.56 Å². The summed E-state index contributed by atoms with van der Waals surface area (Å²) < 4.78 is 17.9. The Hall–Kier alpha value is -1.91. The lowest BCUT2D eigenvalue weighted by Gasteiger charge is -2.01. The Morgan fingerprint density at radius 3 is 2.73 bits per heavy atom. The first kappa shape index (κ1) is 11.2. The maximum atomic E-state index is 13.2. The van der Waals surface area contributed by atoms with Crippen LogP contribution >= 0.6 is 0 Å². The molecule has 0 aliphatic carbocycles. The maximum absolute atomic E-state index is 13.2. The molecule has 0 saturated carbocycles. The van der Waals surface area contributed by atoms with Crippen molar-refractivity contribution in [3.05, 3.63) is 45.4 Å². The molecule has 0 unspecified atom stereocenters. The van der Waals surface area contributed by atoms with Crippen molar-refractivity contribution < 1.29 is 14.1 Å². The van der Waals surface area contributed by atoms with Gasteiger partial charge in [0.2, 0.25) is 5.70 Å². The van der Waals surface area contributed by atoms with Crippen LogP contribution < -0.4 is 4.74 Å². The predicted octanol–water partition coefficient (Wildman–Crippen LogP) is 2.47. The van der Waals surface area contributed by atoms with E-state index in [1.54, 1.807) is 6.07 Å². The number of benzene rings is 1. The van der Waals surface area contributed by atoms with Crippen LogP contribution in [0.3, 0.4) is 0 Å². The molecule has 1 aromatic carbocycles. The molecule has 0 radical (unpaired) electrons. The predicted molar refractivity (Wildman–Crippen MR) is 53.6 cm³/mol. The van der Waals surface area contributed by atoms with E-state index >= 15 is 0 Å². The van der Waals surface area contributed by atoms with Crippen molar-refractivity contribution in [1.29, 1.82) is 0 Å². The molecule has 0 aromatic heterocycles. The van der Waals surface area contributed by atoms with Gasteiger partial charge in [0.1, 0.15) is 0 Å². The van der Waals surface area contributed by atoms with Gasteiger partial charge in [0, 0.05) is 13.0 Å². The standard InChI is InChI=1S/C10H10FNO3/c1-7(12(13)14)5-8-3-4-10(15-2)9(11)6-8/h3-6H,1-2H3/b7-5+. The van der Waals surface area contributed by atoms with Crippen LogP contribution in [0.25, 0.3) is 6.08 Å². The Bertz CT molecular complexity index is 415. The van der Waals surface area contributed by atoms with E-state index in [9.17, 15) is 14.5 Å². The zero-order valence-corrected chi connectivity index (χ0v) is 8.36. The zero-order chi connectivity index (χ0) is 11.4.